The van der Waals surface area contributed by atoms with E-state index < -0.39 is 0 Å². The summed E-state index contributed by atoms with van der Waals surface area (Å²) in [4.78, 5) is 11.6. The van der Waals surface area contributed by atoms with Crippen molar-refractivity contribution in [2.75, 3.05) is 5.32 Å². The molecule has 3 nitrogen and oxygen atoms in total. The minimum Gasteiger partial charge on any atom is -0.327 e. The number of hydrogen-bond donors (Lipinski definition) is 2. The second-order valence-electron chi connectivity index (χ2n) is 3.88. The summed E-state index contributed by atoms with van der Waals surface area (Å²) >= 11 is 3.41. The quantitative estimate of drug-likeness (QED) is 0.895. The summed E-state index contributed by atoms with van der Waals surface area (Å²) < 4.78 is 1.02. The average molecular weight is 322 g/mol. The molecule has 0 aliphatic carbocycles. The van der Waals surface area contributed by atoms with Gasteiger partial charge in [-0.25, -0.2) is 0 Å². The van der Waals surface area contributed by atoms with Gasteiger partial charge in [-0.15, -0.1) is 12.4 Å². The van der Waals surface area contributed by atoms with Crippen molar-refractivity contribution < 1.29 is 4.79 Å². The predicted octanol–water partition coefficient (Wildman–Crippen LogP) is 3.11. The first kappa shape index (κ1) is 16.4. The third kappa shape index (κ3) is 5.52. The van der Waals surface area contributed by atoms with Gasteiger partial charge in [0.1, 0.15) is 0 Å². The molecule has 0 saturated heterocycles. The van der Waals surface area contributed by atoms with Crippen LogP contribution in [0.3, 0.4) is 0 Å². The van der Waals surface area contributed by atoms with Gasteiger partial charge in [-0.1, -0.05) is 22.9 Å². The zero-order valence-corrected chi connectivity index (χ0v) is 12.4. The van der Waals surface area contributed by atoms with E-state index >= 15 is 0 Å². The van der Waals surface area contributed by atoms with E-state index in [-0.39, 0.29) is 24.4 Å². The van der Waals surface area contributed by atoms with Gasteiger partial charge >= 0.3 is 0 Å². The molecule has 0 heterocycles. The maximum absolute atomic E-state index is 11.6. The van der Waals surface area contributed by atoms with Gasteiger partial charge < -0.3 is 11.1 Å². The van der Waals surface area contributed by atoms with Gasteiger partial charge in [-0.05, 0) is 37.1 Å². The Morgan fingerprint density at radius 2 is 2.18 bits per heavy atom. The number of rotatable bonds is 4. The fourth-order valence-electron chi connectivity index (χ4n) is 1.47. The van der Waals surface area contributed by atoms with Crippen LogP contribution in [0.2, 0.25) is 0 Å². The lowest BCUT2D eigenvalue weighted by Gasteiger charge is -2.11. The Morgan fingerprint density at radius 1 is 1.53 bits per heavy atom. The maximum Gasteiger partial charge on any atom is 0.225 e. The van der Waals surface area contributed by atoms with Crippen LogP contribution in [0.4, 0.5) is 5.69 Å². The normalized spacial score (nSPS) is 11.5. The van der Waals surface area contributed by atoms with Gasteiger partial charge in [0.05, 0.1) is 0 Å². The fourth-order valence-corrected chi connectivity index (χ4v) is 1.88. The molecule has 0 bridgehead atoms. The van der Waals surface area contributed by atoms with Crippen molar-refractivity contribution >= 4 is 39.9 Å². The van der Waals surface area contributed by atoms with Crippen LogP contribution in [0.15, 0.2) is 22.7 Å². The van der Waals surface area contributed by atoms with Crippen LogP contribution in [0.5, 0.6) is 0 Å². The Kier molecular flexibility index (Phi) is 7.43. The lowest BCUT2D eigenvalue weighted by Crippen LogP contribution is -2.24. The van der Waals surface area contributed by atoms with Gasteiger partial charge in [0.2, 0.25) is 5.91 Å². The number of carbonyl (C=O) groups is 1. The van der Waals surface area contributed by atoms with Crippen molar-refractivity contribution in [3.8, 4) is 0 Å². The van der Waals surface area contributed by atoms with E-state index in [9.17, 15) is 4.79 Å². The Bertz CT molecular complexity index is 383. The zero-order valence-electron chi connectivity index (χ0n) is 10.00. The lowest BCUT2D eigenvalue weighted by molar-refractivity contribution is -0.116. The molecule has 0 aromatic heterocycles. The van der Waals surface area contributed by atoms with E-state index in [1.807, 2.05) is 25.1 Å². The summed E-state index contributed by atoms with van der Waals surface area (Å²) in [6.45, 7) is 3.88. The molecule has 3 N–H and O–H groups in total. The van der Waals surface area contributed by atoms with Crippen molar-refractivity contribution in [1.29, 1.82) is 0 Å². The molecule has 0 aliphatic heterocycles. The highest BCUT2D eigenvalue weighted by Crippen LogP contribution is 2.21. The third-order valence-electron chi connectivity index (χ3n) is 2.23. The van der Waals surface area contributed by atoms with Crippen LogP contribution in [-0.2, 0) is 11.2 Å². The van der Waals surface area contributed by atoms with Crippen molar-refractivity contribution in [2.24, 2.45) is 5.73 Å². The molecule has 1 unspecified atom stereocenters. The second kappa shape index (κ2) is 7.69. The standard InChI is InChI=1S/C12H17BrN2O.ClH/c1-3-9-7-10(13)4-5-11(9)15-12(16)6-8(2)14;/h4-5,7-8H,3,6,14H2,1-2H3,(H,15,16);1H. The summed E-state index contributed by atoms with van der Waals surface area (Å²) in [7, 11) is 0. The summed E-state index contributed by atoms with van der Waals surface area (Å²) in [5.74, 6) is -0.0352. The molecule has 1 atom stereocenters. The summed E-state index contributed by atoms with van der Waals surface area (Å²) in [5.41, 5.74) is 7.56. The van der Waals surface area contributed by atoms with Crippen LogP contribution >= 0.6 is 28.3 Å². The SMILES string of the molecule is CCc1cc(Br)ccc1NC(=O)CC(C)N.Cl. The van der Waals surface area contributed by atoms with Crippen LogP contribution < -0.4 is 11.1 Å². The molecule has 1 amide bonds. The summed E-state index contributed by atoms with van der Waals surface area (Å²) in [6, 6.07) is 5.73. The number of nitrogens with two attached hydrogens (primary N) is 1. The third-order valence-corrected chi connectivity index (χ3v) is 2.72. The monoisotopic (exact) mass is 320 g/mol. The highest BCUT2D eigenvalue weighted by Gasteiger charge is 2.08. The van der Waals surface area contributed by atoms with Gasteiger partial charge in [0.15, 0.2) is 0 Å². The number of amides is 1. The van der Waals surface area contributed by atoms with E-state index in [0.29, 0.717) is 6.42 Å². The van der Waals surface area contributed by atoms with Gasteiger partial charge in [-0.2, -0.15) is 0 Å². The molecule has 0 spiro atoms. The highest BCUT2D eigenvalue weighted by atomic mass is 79.9. The van der Waals surface area contributed by atoms with Crippen LogP contribution in [0, 0.1) is 0 Å². The van der Waals surface area contributed by atoms with Crippen LogP contribution in [0.25, 0.3) is 0 Å². The first-order chi connectivity index (χ1) is 7.52. The number of halogens is 2. The van der Waals surface area contributed by atoms with E-state index in [1.165, 1.54) is 0 Å². The molecule has 0 radical (unpaired) electrons. The maximum atomic E-state index is 11.6. The van der Waals surface area contributed by atoms with E-state index in [0.717, 1.165) is 22.1 Å². The van der Waals surface area contributed by atoms with Gasteiger partial charge in [-0.3, -0.25) is 4.79 Å². The molecule has 1 aromatic rings. The number of nitrogens with one attached hydrogen (secondary N) is 1. The molecule has 0 aliphatic rings. The largest absolute Gasteiger partial charge is 0.327 e. The van der Waals surface area contributed by atoms with Crippen molar-refractivity contribution in [3.63, 3.8) is 0 Å². The Hall–Kier alpha value is -0.580. The fraction of sp³-hybridized carbons (Fsp3) is 0.417. The van der Waals surface area contributed by atoms with Crippen LogP contribution in [0.1, 0.15) is 25.8 Å². The smallest absolute Gasteiger partial charge is 0.225 e. The second-order valence-corrected chi connectivity index (χ2v) is 4.80. The van der Waals surface area contributed by atoms with E-state index in [2.05, 4.69) is 28.2 Å². The molecular weight excluding hydrogens is 304 g/mol. The van der Waals surface area contributed by atoms with Crippen molar-refractivity contribution in [2.45, 2.75) is 32.7 Å². The molecule has 5 heteroatoms. The van der Waals surface area contributed by atoms with Gasteiger partial charge in [0, 0.05) is 22.6 Å². The zero-order chi connectivity index (χ0) is 12.1. The van der Waals surface area contributed by atoms with Crippen molar-refractivity contribution in [3.05, 3.63) is 28.2 Å². The van der Waals surface area contributed by atoms with Gasteiger partial charge in [0.25, 0.3) is 0 Å². The molecule has 0 saturated carbocycles. The first-order valence-corrected chi connectivity index (χ1v) is 6.16. The summed E-state index contributed by atoms with van der Waals surface area (Å²) in [5, 5.41) is 2.88. The van der Waals surface area contributed by atoms with E-state index in [4.69, 9.17) is 5.73 Å². The number of carbonyl (C=O) groups excluding carboxylic acids is 1. The van der Waals surface area contributed by atoms with E-state index in [1.54, 1.807) is 0 Å². The minimum atomic E-state index is -0.111. The molecule has 1 rings (SSSR count). The highest BCUT2D eigenvalue weighted by molar-refractivity contribution is 9.10. The number of aryl methyl sites for hydroxylation is 1. The molecule has 17 heavy (non-hydrogen) atoms. The Morgan fingerprint density at radius 3 is 2.71 bits per heavy atom. The first-order valence-electron chi connectivity index (χ1n) is 5.36. The molecule has 1 aromatic carbocycles. The number of benzene rings is 1. The van der Waals surface area contributed by atoms with Crippen LogP contribution in [-0.4, -0.2) is 11.9 Å². The summed E-state index contributed by atoms with van der Waals surface area (Å²) in [6.07, 6.45) is 1.23. The number of anilines is 1. The number of hydrogen-bond acceptors (Lipinski definition) is 2. The molecular formula is C12H18BrClN2O. The lowest BCUT2D eigenvalue weighted by atomic mass is 10.1. The Labute approximate surface area is 117 Å². The predicted molar refractivity (Wildman–Crippen MR) is 77.7 cm³/mol. The minimum absolute atomic E-state index is 0. The Balaban J connectivity index is 0.00000256. The average Bonchev–Trinajstić information content (AvgIpc) is 2.19. The van der Waals surface area contributed by atoms with Crippen molar-refractivity contribution in [1.82, 2.24) is 0 Å². The molecule has 96 valence electrons. The molecule has 0 fully saturated rings. The topological polar surface area (TPSA) is 55.1 Å².